The standard InChI is InChI=1S/C23H26FNO3/c1-2-18-5-7-19(8-6-18)14-25(16-23-4-3-13-27-23)15-21(26)17-28-22-11-9-20(24)10-12-22/h3-13,21,26H,2,14-17H2,1H3. The third kappa shape index (κ3) is 6.22. The average molecular weight is 383 g/mol. The second-order valence-electron chi connectivity index (χ2n) is 6.84. The van der Waals surface area contributed by atoms with Gasteiger partial charge in [0.05, 0.1) is 12.8 Å². The fraction of sp³-hybridized carbons (Fsp3) is 0.304. The van der Waals surface area contributed by atoms with E-state index in [1.54, 1.807) is 18.4 Å². The molecule has 0 saturated heterocycles. The molecule has 0 fully saturated rings. The molecular formula is C23H26FNO3. The summed E-state index contributed by atoms with van der Waals surface area (Å²) in [5.41, 5.74) is 2.48. The van der Waals surface area contributed by atoms with Gasteiger partial charge in [0.2, 0.25) is 0 Å². The molecule has 0 aliphatic rings. The summed E-state index contributed by atoms with van der Waals surface area (Å²) in [6, 6.07) is 18.1. The Hall–Kier alpha value is -2.63. The van der Waals surface area contributed by atoms with Gasteiger partial charge in [0.1, 0.15) is 30.0 Å². The maximum Gasteiger partial charge on any atom is 0.123 e. The summed E-state index contributed by atoms with van der Waals surface area (Å²) in [5, 5.41) is 10.5. The summed E-state index contributed by atoms with van der Waals surface area (Å²) in [5.74, 6) is 1.07. The molecule has 0 bridgehead atoms. The van der Waals surface area contributed by atoms with Gasteiger partial charge in [-0.1, -0.05) is 31.2 Å². The van der Waals surface area contributed by atoms with Crippen molar-refractivity contribution in [3.8, 4) is 5.75 Å². The molecule has 1 unspecified atom stereocenters. The number of hydrogen-bond donors (Lipinski definition) is 1. The van der Waals surface area contributed by atoms with Crippen molar-refractivity contribution in [3.05, 3.63) is 89.6 Å². The molecule has 3 rings (SSSR count). The third-order valence-corrected chi connectivity index (χ3v) is 4.52. The van der Waals surface area contributed by atoms with Gasteiger partial charge in [-0.2, -0.15) is 0 Å². The Kier molecular flexibility index (Phi) is 7.23. The average Bonchev–Trinajstić information content (AvgIpc) is 3.21. The third-order valence-electron chi connectivity index (χ3n) is 4.52. The monoisotopic (exact) mass is 383 g/mol. The van der Waals surface area contributed by atoms with Gasteiger partial charge < -0.3 is 14.3 Å². The Balaban J connectivity index is 1.59. The largest absolute Gasteiger partial charge is 0.491 e. The molecule has 1 N–H and O–H groups in total. The molecule has 0 spiro atoms. The lowest BCUT2D eigenvalue weighted by molar-refractivity contribution is 0.0604. The van der Waals surface area contributed by atoms with Crippen LogP contribution in [0, 0.1) is 5.82 Å². The highest BCUT2D eigenvalue weighted by molar-refractivity contribution is 5.23. The number of benzene rings is 2. The van der Waals surface area contributed by atoms with E-state index in [4.69, 9.17) is 9.15 Å². The molecule has 1 heterocycles. The zero-order valence-electron chi connectivity index (χ0n) is 16.1. The lowest BCUT2D eigenvalue weighted by Gasteiger charge is -2.24. The van der Waals surface area contributed by atoms with Crippen LogP contribution < -0.4 is 4.74 Å². The van der Waals surface area contributed by atoms with Crippen molar-refractivity contribution >= 4 is 0 Å². The Labute approximate surface area is 165 Å². The van der Waals surface area contributed by atoms with Crippen LogP contribution in [0.25, 0.3) is 0 Å². The first kappa shape index (κ1) is 20.1. The molecule has 1 atom stereocenters. The van der Waals surface area contributed by atoms with Crippen LogP contribution in [-0.2, 0) is 19.5 Å². The van der Waals surface area contributed by atoms with E-state index in [1.165, 1.54) is 23.3 Å². The highest BCUT2D eigenvalue weighted by Gasteiger charge is 2.15. The first-order valence-electron chi connectivity index (χ1n) is 9.51. The highest BCUT2D eigenvalue weighted by Crippen LogP contribution is 2.14. The van der Waals surface area contributed by atoms with Crippen LogP contribution in [0.1, 0.15) is 23.8 Å². The van der Waals surface area contributed by atoms with E-state index < -0.39 is 6.10 Å². The van der Waals surface area contributed by atoms with E-state index >= 15 is 0 Å². The minimum absolute atomic E-state index is 0.134. The van der Waals surface area contributed by atoms with Crippen LogP contribution >= 0.6 is 0 Å². The molecule has 1 aromatic heterocycles. The summed E-state index contributed by atoms with van der Waals surface area (Å²) in [6.45, 7) is 3.98. The number of aryl methyl sites for hydroxylation is 1. The van der Waals surface area contributed by atoms with Crippen molar-refractivity contribution in [1.82, 2.24) is 4.90 Å². The molecule has 28 heavy (non-hydrogen) atoms. The second kappa shape index (κ2) is 10.1. The van der Waals surface area contributed by atoms with Gasteiger partial charge >= 0.3 is 0 Å². The molecule has 3 aromatic rings. The van der Waals surface area contributed by atoms with Crippen molar-refractivity contribution in [2.45, 2.75) is 32.5 Å². The van der Waals surface area contributed by atoms with E-state index in [2.05, 4.69) is 36.1 Å². The maximum atomic E-state index is 13.0. The van der Waals surface area contributed by atoms with Crippen LogP contribution in [0.2, 0.25) is 0 Å². The Bertz CT molecular complexity index is 816. The van der Waals surface area contributed by atoms with Gasteiger partial charge in [0.15, 0.2) is 0 Å². The lowest BCUT2D eigenvalue weighted by atomic mass is 10.1. The summed E-state index contributed by atoms with van der Waals surface area (Å²) in [7, 11) is 0. The molecule has 2 aromatic carbocycles. The van der Waals surface area contributed by atoms with Crippen LogP contribution in [-0.4, -0.2) is 29.3 Å². The summed E-state index contributed by atoms with van der Waals surface area (Å²) in [6.07, 6.45) is 1.97. The van der Waals surface area contributed by atoms with Crippen molar-refractivity contribution in [3.63, 3.8) is 0 Å². The molecular weight excluding hydrogens is 357 g/mol. The molecule has 0 saturated carbocycles. The van der Waals surface area contributed by atoms with E-state index in [0.29, 0.717) is 25.4 Å². The molecule has 4 nitrogen and oxygen atoms in total. The first-order chi connectivity index (χ1) is 13.6. The number of nitrogens with zero attached hydrogens (tertiary/aromatic N) is 1. The SMILES string of the molecule is CCc1ccc(CN(Cc2ccco2)CC(O)COc2ccc(F)cc2)cc1. The number of halogens is 1. The molecule has 0 aliphatic heterocycles. The molecule has 0 radical (unpaired) electrons. The summed E-state index contributed by atoms with van der Waals surface area (Å²) in [4.78, 5) is 2.12. The van der Waals surface area contributed by atoms with E-state index in [1.807, 2.05) is 12.1 Å². The number of aliphatic hydroxyl groups excluding tert-OH is 1. The minimum Gasteiger partial charge on any atom is -0.491 e. The predicted molar refractivity (Wildman–Crippen MR) is 107 cm³/mol. The van der Waals surface area contributed by atoms with Gasteiger partial charge in [-0.25, -0.2) is 4.39 Å². The van der Waals surface area contributed by atoms with Crippen molar-refractivity contribution in [1.29, 1.82) is 0 Å². The summed E-state index contributed by atoms with van der Waals surface area (Å²) < 4.78 is 24.0. The van der Waals surface area contributed by atoms with Crippen molar-refractivity contribution < 1.29 is 18.7 Å². The molecule has 5 heteroatoms. The number of ether oxygens (including phenoxy) is 1. The number of furan rings is 1. The van der Waals surface area contributed by atoms with Crippen molar-refractivity contribution in [2.75, 3.05) is 13.2 Å². The fourth-order valence-electron chi connectivity index (χ4n) is 3.02. The normalized spacial score (nSPS) is 12.3. The lowest BCUT2D eigenvalue weighted by Crippen LogP contribution is -2.35. The predicted octanol–water partition coefficient (Wildman–Crippen LogP) is 4.42. The van der Waals surface area contributed by atoms with E-state index in [-0.39, 0.29) is 12.4 Å². The smallest absolute Gasteiger partial charge is 0.123 e. The second-order valence-corrected chi connectivity index (χ2v) is 6.84. The van der Waals surface area contributed by atoms with Crippen LogP contribution in [0.15, 0.2) is 71.3 Å². The zero-order chi connectivity index (χ0) is 19.8. The van der Waals surface area contributed by atoms with Crippen LogP contribution in [0.5, 0.6) is 5.75 Å². The Morgan fingerprint density at radius 2 is 1.71 bits per heavy atom. The zero-order valence-corrected chi connectivity index (χ0v) is 16.1. The number of aliphatic hydroxyl groups is 1. The van der Waals surface area contributed by atoms with E-state index in [9.17, 15) is 9.50 Å². The maximum absolute atomic E-state index is 13.0. The molecule has 148 valence electrons. The Morgan fingerprint density at radius 3 is 2.36 bits per heavy atom. The Morgan fingerprint density at radius 1 is 1.00 bits per heavy atom. The molecule has 0 aliphatic carbocycles. The van der Waals surface area contributed by atoms with Gasteiger partial charge in [0, 0.05) is 13.1 Å². The molecule has 0 amide bonds. The van der Waals surface area contributed by atoms with Gasteiger partial charge in [0.25, 0.3) is 0 Å². The van der Waals surface area contributed by atoms with Gasteiger partial charge in [-0.05, 0) is 53.9 Å². The summed E-state index contributed by atoms with van der Waals surface area (Å²) >= 11 is 0. The first-order valence-corrected chi connectivity index (χ1v) is 9.51. The topological polar surface area (TPSA) is 45.8 Å². The van der Waals surface area contributed by atoms with Gasteiger partial charge in [-0.3, -0.25) is 4.90 Å². The van der Waals surface area contributed by atoms with Crippen molar-refractivity contribution in [2.24, 2.45) is 0 Å². The minimum atomic E-state index is -0.685. The van der Waals surface area contributed by atoms with Crippen LogP contribution in [0.4, 0.5) is 4.39 Å². The quantitative estimate of drug-likeness (QED) is 0.563. The number of hydrogen-bond acceptors (Lipinski definition) is 4. The number of rotatable bonds is 10. The van der Waals surface area contributed by atoms with Gasteiger partial charge in [-0.15, -0.1) is 0 Å². The highest BCUT2D eigenvalue weighted by atomic mass is 19.1. The van der Waals surface area contributed by atoms with Crippen LogP contribution in [0.3, 0.4) is 0 Å². The fourth-order valence-corrected chi connectivity index (χ4v) is 3.02. The van der Waals surface area contributed by atoms with E-state index in [0.717, 1.165) is 12.2 Å².